The zero-order valence-corrected chi connectivity index (χ0v) is 27.5. The summed E-state index contributed by atoms with van der Waals surface area (Å²) in [5, 5.41) is 0. The molecule has 3 heteroatoms. The summed E-state index contributed by atoms with van der Waals surface area (Å²) < 4.78 is 12.3. The molecule has 5 aliphatic rings. The summed E-state index contributed by atoms with van der Waals surface area (Å²) in [6.45, 7) is 13.5. The van der Waals surface area contributed by atoms with Gasteiger partial charge in [-0.1, -0.05) is 84.2 Å². The summed E-state index contributed by atoms with van der Waals surface area (Å²) >= 11 is 0. The van der Waals surface area contributed by atoms with Crippen molar-refractivity contribution in [1.82, 2.24) is 0 Å². The molecule has 6 rings (SSSR count). The van der Waals surface area contributed by atoms with Crippen LogP contribution in [-0.2, 0) is 14.3 Å². The molecule has 0 aromatic heterocycles. The molecular weight excluding hydrogens is 516 g/mol. The van der Waals surface area contributed by atoms with E-state index >= 15 is 0 Å². The van der Waals surface area contributed by atoms with E-state index in [4.69, 9.17) is 9.47 Å². The molecule has 0 spiro atoms. The second kappa shape index (κ2) is 12.6. The first-order valence-corrected chi connectivity index (χ1v) is 18.0. The molecule has 0 bridgehead atoms. The average Bonchev–Trinajstić information content (AvgIpc) is 3.59. The molecule has 1 aromatic rings. The van der Waals surface area contributed by atoms with Gasteiger partial charge < -0.3 is 9.47 Å². The SMILES string of the molecule is CC(C)CCC[C@@H](C)[C@H]1CC[C@H]2[C@@H]3CC[C@H]4C[C@@H](c5ccccc5)[C@H](OC(=O)C[C@@H]5CCCO5)C[C@]4(C)[C@H]3CC[C@]12C. The maximum Gasteiger partial charge on any atom is 0.308 e. The highest BCUT2D eigenvalue weighted by atomic mass is 16.5. The van der Waals surface area contributed by atoms with Gasteiger partial charge in [0.2, 0.25) is 0 Å². The van der Waals surface area contributed by atoms with Gasteiger partial charge in [0.1, 0.15) is 6.10 Å². The fourth-order valence-corrected chi connectivity index (χ4v) is 11.7. The van der Waals surface area contributed by atoms with E-state index < -0.39 is 0 Å². The van der Waals surface area contributed by atoms with Crippen LogP contribution in [0.1, 0.15) is 136 Å². The average molecular weight is 577 g/mol. The summed E-state index contributed by atoms with van der Waals surface area (Å²) in [5.74, 6) is 6.11. The number of ether oxygens (including phenoxy) is 2. The van der Waals surface area contributed by atoms with Crippen molar-refractivity contribution in [3.8, 4) is 0 Å². The Morgan fingerprint density at radius 3 is 2.48 bits per heavy atom. The van der Waals surface area contributed by atoms with Crippen molar-refractivity contribution in [3.05, 3.63) is 35.9 Å². The highest BCUT2D eigenvalue weighted by Crippen LogP contribution is 2.69. The Morgan fingerprint density at radius 2 is 1.74 bits per heavy atom. The predicted molar refractivity (Wildman–Crippen MR) is 171 cm³/mol. The van der Waals surface area contributed by atoms with E-state index in [9.17, 15) is 4.79 Å². The van der Waals surface area contributed by atoms with Gasteiger partial charge in [0.25, 0.3) is 0 Å². The minimum Gasteiger partial charge on any atom is -0.462 e. The number of hydrogen-bond donors (Lipinski definition) is 0. The van der Waals surface area contributed by atoms with Gasteiger partial charge in [0, 0.05) is 12.5 Å². The first-order chi connectivity index (χ1) is 20.2. The molecule has 1 heterocycles. The fraction of sp³-hybridized carbons (Fsp3) is 0.821. The van der Waals surface area contributed by atoms with Crippen LogP contribution < -0.4 is 0 Å². The first kappa shape index (κ1) is 30.7. The summed E-state index contributed by atoms with van der Waals surface area (Å²) in [5.41, 5.74) is 2.15. The molecular formula is C39H60O3. The van der Waals surface area contributed by atoms with Crippen molar-refractivity contribution in [2.24, 2.45) is 52.3 Å². The van der Waals surface area contributed by atoms with Crippen LogP contribution in [0.25, 0.3) is 0 Å². The first-order valence-electron chi connectivity index (χ1n) is 18.0. The maximum atomic E-state index is 13.3. The van der Waals surface area contributed by atoms with E-state index in [1.54, 1.807) is 0 Å². The van der Waals surface area contributed by atoms with Gasteiger partial charge in [-0.25, -0.2) is 0 Å². The van der Waals surface area contributed by atoms with Crippen LogP contribution in [-0.4, -0.2) is 24.8 Å². The lowest BCUT2D eigenvalue weighted by atomic mass is 9.43. The van der Waals surface area contributed by atoms with Crippen LogP contribution >= 0.6 is 0 Å². The molecule has 1 aromatic carbocycles. The quantitative estimate of drug-likeness (QED) is 0.274. The molecule has 42 heavy (non-hydrogen) atoms. The minimum absolute atomic E-state index is 0.0214. The van der Waals surface area contributed by atoms with Gasteiger partial charge in [-0.2, -0.15) is 0 Å². The third-order valence-corrected chi connectivity index (χ3v) is 13.8. The van der Waals surface area contributed by atoms with Crippen LogP contribution in [0, 0.1) is 52.3 Å². The second-order valence-corrected chi connectivity index (χ2v) is 16.5. The molecule has 5 fully saturated rings. The predicted octanol–water partition coefficient (Wildman–Crippen LogP) is 9.98. The lowest BCUT2D eigenvalue weighted by Crippen LogP contribution is -2.56. The monoisotopic (exact) mass is 576 g/mol. The van der Waals surface area contributed by atoms with E-state index in [1.165, 1.54) is 69.8 Å². The third-order valence-electron chi connectivity index (χ3n) is 13.8. The number of fused-ring (bicyclic) bond motifs is 5. The summed E-state index contributed by atoms with van der Waals surface area (Å²) in [4.78, 5) is 13.3. The summed E-state index contributed by atoms with van der Waals surface area (Å²) in [6.07, 6.45) is 17.4. The Morgan fingerprint density at radius 1 is 0.952 bits per heavy atom. The third kappa shape index (κ3) is 5.87. The van der Waals surface area contributed by atoms with Crippen LogP contribution in [0.15, 0.2) is 30.3 Å². The lowest BCUT2D eigenvalue weighted by molar-refractivity contribution is -0.170. The smallest absolute Gasteiger partial charge is 0.308 e. The zero-order valence-electron chi connectivity index (χ0n) is 27.5. The molecule has 0 N–H and O–H groups in total. The van der Waals surface area contributed by atoms with E-state index in [0.29, 0.717) is 17.8 Å². The molecule has 1 saturated heterocycles. The maximum absolute atomic E-state index is 13.3. The Labute approximate surface area is 257 Å². The number of carbonyl (C=O) groups excluding carboxylic acids is 1. The molecule has 4 saturated carbocycles. The number of carbonyl (C=O) groups is 1. The van der Waals surface area contributed by atoms with Gasteiger partial charge in [-0.15, -0.1) is 0 Å². The van der Waals surface area contributed by atoms with E-state index in [2.05, 4.69) is 65.0 Å². The highest BCUT2D eigenvalue weighted by molar-refractivity contribution is 5.70. The Bertz CT molecular complexity index is 1040. The number of rotatable bonds is 9. The largest absolute Gasteiger partial charge is 0.462 e. The van der Waals surface area contributed by atoms with E-state index in [1.807, 2.05) is 0 Å². The van der Waals surface area contributed by atoms with Crippen molar-refractivity contribution >= 4 is 5.97 Å². The van der Waals surface area contributed by atoms with Crippen LogP contribution in [0.4, 0.5) is 0 Å². The molecule has 0 radical (unpaired) electrons. The number of hydrogen-bond acceptors (Lipinski definition) is 3. The topological polar surface area (TPSA) is 35.5 Å². The van der Waals surface area contributed by atoms with Crippen molar-refractivity contribution in [2.45, 2.75) is 143 Å². The van der Waals surface area contributed by atoms with Crippen LogP contribution in [0.3, 0.4) is 0 Å². The minimum atomic E-state index is -0.0384. The Hall–Kier alpha value is -1.35. The number of esters is 1. The van der Waals surface area contributed by atoms with Crippen molar-refractivity contribution in [1.29, 1.82) is 0 Å². The molecule has 1 aliphatic heterocycles. The standard InChI is InChI=1S/C39H60O3/c1-26(2)11-9-12-27(3)33-18-19-34-31-17-16-29-23-32(28-13-7-6-8-14-28)36(42-37(40)24-30-15-10-22-41-30)25-39(29,5)35(31)20-21-38(33,34)4/h6-8,13-14,26-27,29-36H,9-12,15-25H2,1-5H3/t27-,29+,30+,31+,32+,33-,34+,35+,36-,38-,39+/m1/s1. The lowest BCUT2D eigenvalue weighted by Gasteiger charge is -2.62. The van der Waals surface area contributed by atoms with E-state index in [0.717, 1.165) is 67.3 Å². The second-order valence-electron chi connectivity index (χ2n) is 16.5. The molecule has 11 atom stereocenters. The summed E-state index contributed by atoms with van der Waals surface area (Å²) in [6, 6.07) is 11.0. The molecule has 3 nitrogen and oxygen atoms in total. The van der Waals surface area contributed by atoms with Gasteiger partial charge >= 0.3 is 5.97 Å². The van der Waals surface area contributed by atoms with Crippen molar-refractivity contribution in [3.63, 3.8) is 0 Å². The van der Waals surface area contributed by atoms with Gasteiger partial charge in [0.05, 0.1) is 12.5 Å². The Kier molecular flexibility index (Phi) is 9.18. The van der Waals surface area contributed by atoms with Crippen LogP contribution in [0.2, 0.25) is 0 Å². The Balaban J connectivity index is 1.19. The van der Waals surface area contributed by atoms with Crippen LogP contribution in [0.5, 0.6) is 0 Å². The zero-order chi connectivity index (χ0) is 29.5. The summed E-state index contributed by atoms with van der Waals surface area (Å²) in [7, 11) is 0. The van der Waals surface area contributed by atoms with Gasteiger partial charge in [-0.3, -0.25) is 4.79 Å². The normalized spacial score (nSPS) is 42.0. The van der Waals surface area contributed by atoms with Crippen molar-refractivity contribution < 1.29 is 14.3 Å². The van der Waals surface area contributed by atoms with Crippen molar-refractivity contribution in [2.75, 3.05) is 6.61 Å². The fourth-order valence-electron chi connectivity index (χ4n) is 11.7. The van der Waals surface area contributed by atoms with Gasteiger partial charge in [0.15, 0.2) is 0 Å². The van der Waals surface area contributed by atoms with E-state index in [-0.39, 0.29) is 23.6 Å². The molecule has 0 amide bonds. The highest BCUT2D eigenvalue weighted by Gasteiger charge is 2.62. The molecule has 0 unspecified atom stereocenters. The molecule has 234 valence electrons. The molecule has 4 aliphatic carbocycles. The number of benzene rings is 1. The van der Waals surface area contributed by atoms with Gasteiger partial charge in [-0.05, 0) is 122 Å².